The second-order valence-corrected chi connectivity index (χ2v) is 9.86. The van der Waals surface area contributed by atoms with Gasteiger partial charge in [-0.15, -0.1) is 11.3 Å². The normalized spacial score (nSPS) is 14.0. The van der Waals surface area contributed by atoms with E-state index >= 15 is 0 Å². The number of halogens is 1. The van der Waals surface area contributed by atoms with Crippen molar-refractivity contribution in [3.63, 3.8) is 0 Å². The molecular weight excluding hydrogens is 486 g/mol. The van der Waals surface area contributed by atoms with Gasteiger partial charge in [-0.1, -0.05) is 41.9 Å². The van der Waals surface area contributed by atoms with Crippen LogP contribution in [0, 0.1) is 5.92 Å². The Bertz CT molecular complexity index is 1330. The van der Waals surface area contributed by atoms with Crippen molar-refractivity contribution in [2.45, 2.75) is 19.9 Å². The number of para-hydroxylation sites is 1. The van der Waals surface area contributed by atoms with Crippen LogP contribution in [0.3, 0.4) is 0 Å². The minimum absolute atomic E-state index is 0.0267. The molecular formula is C26H24ClN3O4S. The fourth-order valence-corrected chi connectivity index (χ4v) is 5.45. The summed E-state index contributed by atoms with van der Waals surface area (Å²) in [5, 5.41) is 4.70. The first kappa shape index (κ1) is 23.5. The molecule has 4 aromatic rings. The summed E-state index contributed by atoms with van der Waals surface area (Å²) in [5.41, 5.74) is 1.89. The second-order valence-electron chi connectivity index (χ2n) is 8.32. The van der Waals surface area contributed by atoms with Gasteiger partial charge < -0.3 is 14.0 Å². The molecule has 2 aromatic carbocycles. The maximum atomic E-state index is 11.6. The Balaban J connectivity index is 1.30. The molecule has 5 rings (SSSR count). The number of esters is 1. The molecule has 180 valence electrons. The van der Waals surface area contributed by atoms with E-state index in [2.05, 4.69) is 28.0 Å². The number of hydrogen-bond donors (Lipinski definition) is 0. The van der Waals surface area contributed by atoms with Gasteiger partial charge in [-0.2, -0.15) is 4.98 Å². The number of aromatic nitrogens is 2. The molecule has 0 unspecified atom stereocenters. The van der Waals surface area contributed by atoms with E-state index in [1.165, 1.54) is 17.6 Å². The maximum absolute atomic E-state index is 11.6. The van der Waals surface area contributed by atoms with Crippen LogP contribution >= 0.6 is 22.9 Å². The average Bonchev–Trinajstić information content (AvgIpc) is 3.49. The number of rotatable bonds is 8. The van der Waals surface area contributed by atoms with Gasteiger partial charge in [0, 0.05) is 30.1 Å². The van der Waals surface area contributed by atoms with Crippen LogP contribution in [-0.2, 0) is 22.5 Å². The third kappa shape index (κ3) is 5.10. The predicted molar refractivity (Wildman–Crippen MR) is 135 cm³/mol. The summed E-state index contributed by atoms with van der Waals surface area (Å²) in [5.74, 6) is 2.06. The summed E-state index contributed by atoms with van der Waals surface area (Å²) in [6, 6.07) is 17.1. The van der Waals surface area contributed by atoms with Gasteiger partial charge in [0.05, 0.1) is 22.9 Å². The molecule has 1 aliphatic heterocycles. The largest absolute Gasteiger partial charge is 0.469 e. The molecule has 1 aliphatic rings. The smallest absolute Gasteiger partial charge is 0.311 e. The molecule has 1 fully saturated rings. The molecule has 0 bridgehead atoms. The lowest BCUT2D eigenvalue weighted by molar-refractivity contribution is -0.151. The van der Waals surface area contributed by atoms with E-state index in [-0.39, 0.29) is 11.9 Å². The van der Waals surface area contributed by atoms with Crippen molar-refractivity contribution >= 4 is 28.9 Å². The highest BCUT2D eigenvalue weighted by atomic mass is 35.5. The average molecular weight is 510 g/mol. The van der Waals surface area contributed by atoms with Crippen molar-refractivity contribution in [1.29, 1.82) is 0 Å². The van der Waals surface area contributed by atoms with Gasteiger partial charge in [-0.25, -0.2) is 0 Å². The number of carbonyl (C=O) groups is 1. The number of aryl methyl sites for hydroxylation is 1. The Hall–Kier alpha value is -3.20. The van der Waals surface area contributed by atoms with E-state index in [1.54, 1.807) is 23.5 Å². The molecule has 0 N–H and O–H groups in total. The first-order chi connectivity index (χ1) is 17.0. The van der Waals surface area contributed by atoms with Gasteiger partial charge >= 0.3 is 5.97 Å². The Labute approximate surface area is 212 Å². The molecule has 0 saturated carbocycles. The number of ether oxygens (including phenoxy) is 2. The second kappa shape index (κ2) is 10.2. The van der Waals surface area contributed by atoms with Crippen LogP contribution in [0.25, 0.3) is 22.2 Å². The quantitative estimate of drug-likeness (QED) is 0.266. The zero-order valence-electron chi connectivity index (χ0n) is 19.4. The number of likely N-dealkylation sites (tertiary alicyclic amines) is 1. The van der Waals surface area contributed by atoms with E-state index in [4.69, 9.17) is 25.6 Å². The van der Waals surface area contributed by atoms with Gasteiger partial charge in [0.15, 0.2) is 0 Å². The highest BCUT2D eigenvalue weighted by molar-refractivity contribution is 7.15. The van der Waals surface area contributed by atoms with E-state index < -0.39 is 0 Å². The topological polar surface area (TPSA) is 77.7 Å². The number of hydrogen-bond acceptors (Lipinski definition) is 8. The highest BCUT2D eigenvalue weighted by Gasteiger charge is 2.33. The van der Waals surface area contributed by atoms with E-state index in [1.807, 2.05) is 36.4 Å². The summed E-state index contributed by atoms with van der Waals surface area (Å²) >= 11 is 8.12. The number of carbonyl (C=O) groups excluding carboxylic acids is 1. The van der Waals surface area contributed by atoms with E-state index in [0.717, 1.165) is 36.5 Å². The summed E-state index contributed by atoms with van der Waals surface area (Å²) in [7, 11) is 1.43. The molecule has 2 aromatic heterocycles. The van der Waals surface area contributed by atoms with Crippen molar-refractivity contribution in [3.05, 3.63) is 70.1 Å². The van der Waals surface area contributed by atoms with Crippen LogP contribution in [0.4, 0.5) is 0 Å². The third-order valence-corrected chi connectivity index (χ3v) is 7.34. The molecule has 0 atom stereocenters. The van der Waals surface area contributed by atoms with Gasteiger partial charge in [-0.05, 0) is 48.4 Å². The van der Waals surface area contributed by atoms with Crippen molar-refractivity contribution in [1.82, 2.24) is 15.0 Å². The van der Waals surface area contributed by atoms with Crippen LogP contribution in [0.1, 0.15) is 17.4 Å². The molecule has 1 saturated heterocycles. The van der Waals surface area contributed by atoms with Gasteiger partial charge in [0.2, 0.25) is 5.82 Å². The van der Waals surface area contributed by atoms with E-state index in [9.17, 15) is 4.79 Å². The first-order valence-electron chi connectivity index (χ1n) is 11.3. The van der Waals surface area contributed by atoms with Crippen LogP contribution < -0.4 is 4.74 Å². The van der Waals surface area contributed by atoms with Crippen molar-refractivity contribution in [2.24, 2.45) is 5.92 Å². The summed E-state index contributed by atoms with van der Waals surface area (Å²) in [6.45, 7) is 4.34. The highest BCUT2D eigenvalue weighted by Crippen LogP contribution is 2.36. The fraction of sp³-hybridized carbons (Fsp3) is 0.269. The third-order valence-electron chi connectivity index (χ3n) is 5.89. The maximum Gasteiger partial charge on any atom is 0.311 e. The lowest BCUT2D eigenvalue weighted by Gasteiger charge is -2.36. The standard InChI is InChI=1S/C26H24ClN3O4S/c1-3-16-11-20(15-30-13-18(14-30)26(31)32-2)35-23(16)24-28-25(34-29-24)17-9-10-22(21(27)12-17)33-19-7-5-4-6-8-19/h4-12,18H,3,13-15H2,1-2H3. The number of methoxy groups -OCH3 is 1. The number of nitrogens with zero attached hydrogens (tertiary/aromatic N) is 3. The molecule has 9 heteroatoms. The number of thiophene rings is 1. The fourth-order valence-electron chi connectivity index (χ4n) is 4.02. The van der Waals surface area contributed by atoms with Crippen molar-refractivity contribution in [3.8, 4) is 33.7 Å². The molecule has 0 spiro atoms. The Morgan fingerprint density at radius 1 is 1.20 bits per heavy atom. The molecule has 7 nitrogen and oxygen atoms in total. The van der Waals surface area contributed by atoms with Gasteiger partial charge in [-0.3, -0.25) is 9.69 Å². The van der Waals surface area contributed by atoms with Gasteiger partial charge in [0.1, 0.15) is 11.5 Å². The lowest BCUT2D eigenvalue weighted by atomic mass is 10.0. The van der Waals surface area contributed by atoms with Crippen molar-refractivity contribution in [2.75, 3.05) is 20.2 Å². The minimum Gasteiger partial charge on any atom is -0.469 e. The molecule has 0 aliphatic carbocycles. The van der Waals surface area contributed by atoms with Crippen LogP contribution in [0.5, 0.6) is 11.5 Å². The van der Waals surface area contributed by atoms with Crippen LogP contribution in [0.2, 0.25) is 5.02 Å². The Kier molecular flexibility index (Phi) is 6.86. The van der Waals surface area contributed by atoms with Gasteiger partial charge in [0.25, 0.3) is 5.89 Å². The Morgan fingerprint density at radius 3 is 2.71 bits per heavy atom. The molecule has 0 radical (unpaired) electrons. The zero-order chi connectivity index (χ0) is 24.4. The summed E-state index contributed by atoms with van der Waals surface area (Å²) in [6.07, 6.45) is 0.859. The van der Waals surface area contributed by atoms with E-state index in [0.29, 0.717) is 28.2 Å². The molecule has 0 amide bonds. The lowest BCUT2D eigenvalue weighted by Crippen LogP contribution is -2.49. The van der Waals surface area contributed by atoms with Crippen LogP contribution in [0.15, 0.2) is 59.1 Å². The number of benzene rings is 2. The summed E-state index contributed by atoms with van der Waals surface area (Å²) in [4.78, 5) is 20.7. The SMILES string of the molecule is CCc1cc(CN2CC(C(=O)OC)C2)sc1-c1noc(-c2ccc(Oc3ccccc3)c(Cl)c2)n1. The van der Waals surface area contributed by atoms with Crippen LogP contribution in [-0.4, -0.2) is 41.2 Å². The Morgan fingerprint density at radius 2 is 2.00 bits per heavy atom. The molecule has 35 heavy (non-hydrogen) atoms. The summed E-state index contributed by atoms with van der Waals surface area (Å²) < 4.78 is 16.3. The van der Waals surface area contributed by atoms with Crippen molar-refractivity contribution < 1.29 is 18.8 Å². The predicted octanol–water partition coefficient (Wildman–Crippen LogP) is 6.08. The minimum atomic E-state index is -0.138. The first-order valence-corrected chi connectivity index (χ1v) is 12.5. The monoisotopic (exact) mass is 509 g/mol. The zero-order valence-corrected chi connectivity index (χ0v) is 20.9. The molecule has 3 heterocycles.